The van der Waals surface area contributed by atoms with Gasteiger partial charge in [-0.3, -0.25) is 0 Å². The molecule has 0 radical (unpaired) electrons. The summed E-state index contributed by atoms with van der Waals surface area (Å²) in [6.45, 7) is 4.05. The minimum atomic E-state index is 0. The third kappa shape index (κ3) is 7.45. The summed E-state index contributed by atoms with van der Waals surface area (Å²) in [4.78, 5) is 0. The molecule has 0 saturated carbocycles. The zero-order valence-corrected chi connectivity index (χ0v) is 13.2. The van der Waals surface area contributed by atoms with Crippen molar-refractivity contribution in [1.82, 2.24) is 0 Å². The maximum atomic E-state index is 6.00. The van der Waals surface area contributed by atoms with Gasteiger partial charge in [-0.2, -0.15) is 0 Å². The van der Waals surface area contributed by atoms with Gasteiger partial charge in [0.15, 0.2) is 0 Å². The molecule has 1 aromatic carbocycles. The molecule has 5 heteroatoms. The van der Waals surface area contributed by atoms with Crippen molar-refractivity contribution >= 4 is 36.4 Å². The molecular weight excluding hydrogens is 291 g/mol. The number of nitrogens with two attached hydrogens (primary N) is 2. The van der Waals surface area contributed by atoms with Crippen molar-refractivity contribution in [2.75, 3.05) is 0 Å². The third-order valence-corrected chi connectivity index (χ3v) is 2.87. The smallest absolute Gasteiger partial charge is 0.0408 e. The molecule has 106 valence electrons. The molecule has 4 N–H and O–H groups in total. The monoisotopic (exact) mass is 312 g/mol. The van der Waals surface area contributed by atoms with Gasteiger partial charge in [-0.25, -0.2) is 0 Å². The average molecular weight is 314 g/mol. The lowest BCUT2D eigenvalue weighted by atomic mass is 9.88. The van der Waals surface area contributed by atoms with Crippen LogP contribution in [0.1, 0.15) is 38.2 Å². The summed E-state index contributed by atoms with van der Waals surface area (Å²) in [6.07, 6.45) is 1.89. The van der Waals surface area contributed by atoms with Gasteiger partial charge in [0, 0.05) is 17.1 Å². The van der Waals surface area contributed by atoms with Gasteiger partial charge >= 0.3 is 0 Å². The van der Waals surface area contributed by atoms with Gasteiger partial charge in [0.1, 0.15) is 0 Å². The fraction of sp³-hybridized carbons (Fsp3) is 0.538. The van der Waals surface area contributed by atoms with Crippen molar-refractivity contribution in [1.29, 1.82) is 0 Å². The second-order valence-corrected chi connectivity index (χ2v) is 5.11. The second kappa shape index (κ2) is 9.88. The first-order valence-corrected chi connectivity index (χ1v) is 6.13. The summed E-state index contributed by atoms with van der Waals surface area (Å²) in [5.74, 6) is 0.402. The van der Waals surface area contributed by atoms with Gasteiger partial charge in [-0.1, -0.05) is 23.7 Å². The molecule has 0 heterocycles. The molecule has 0 aliphatic carbocycles. The largest absolute Gasteiger partial charge is 0.328 e. The van der Waals surface area contributed by atoms with E-state index in [4.69, 9.17) is 23.1 Å². The Hall–Kier alpha value is 0.01000. The molecule has 0 saturated heterocycles. The van der Waals surface area contributed by atoms with Gasteiger partial charge < -0.3 is 11.5 Å². The Kier molecular flexibility index (Phi) is 11.2. The molecule has 0 amide bonds. The fourth-order valence-corrected chi connectivity index (χ4v) is 2.23. The van der Waals surface area contributed by atoms with E-state index in [2.05, 4.69) is 6.07 Å². The van der Waals surface area contributed by atoms with Crippen molar-refractivity contribution in [2.45, 2.75) is 44.7 Å². The van der Waals surface area contributed by atoms with Crippen LogP contribution in [0, 0.1) is 0 Å². The Labute approximate surface area is 127 Å². The summed E-state index contributed by atoms with van der Waals surface area (Å²) >= 11 is 6.00. The zero-order valence-electron chi connectivity index (χ0n) is 10.8. The summed E-state index contributed by atoms with van der Waals surface area (Å²) in [5.41, 5.74) is 13.0. The summed E-state index contributed by atoms with van der Waals surface area (Å²) in [6, 6.07) is 8.34. The van der Waals surface area contributed by atoms with E-state index in [1.54, 1.807) is 0 Å². The SMILES string of the molecule is CC(N)CC(CC(C)N)c1cccc(Cl)c1.Cl.Cl. The Bertz CT molecular complexity index is 320. The highest BCUT2D eigenvalue weighted by atomic mass is 35.5. The van der Waals surface area contributed by atoms with Gasteiger partial charge in [0.2, 0.25) is 0 Å². The normalized spacial score (nSPS) is 14.9. The van der Waals surface area contributed by atoms with E-state index in [-0.39, 0.29) is 36.9 Å². The Morgan fingerprint density at radius 2 is 1.56 bits per heavy atom. The van der Waals surface area contributed by atoms with Crippen LogP contribution in [0.3, 0.4) is 0 Å². The molecular formula is C13H23Cl3N2. The zero-order chi connectivity index (χ0) is 12.1. The van der Waals surface area contributed by atoms with Crippen LogP contribution in [0.4, 0.5) is 0 Å². The van der Waals surface area contributed by atoms with Crippen molar-refractivity contribution in [3.05, 3.63) is 34.9 Å². The minimum Gasteiger partial charge on any atom is -0.328 e. The van der Waals surface area contributed by atoms with E-state index in [0.29, 0.717) is 5.92 Å². The molecule has 0 aromatic heterocycles. The summed E-state index contributed by atoms with van der Waals surface area (Å²) in [5, 5.41) is 0.775. The molecule has 2 atom stereocenters. The van der Waals surface area contributed by atoms with Crippen LogP contribution in [0.5, 0.6) is 0 Å². The van der Waals surface area contributed by atoms with Crippen LogP contribution in [-0.2, 0) is 0 Å². The molecule has 18 heavy (non-hydrogen) atoms. The van der Waals surface area contributed by atoms with Crippen molar-refractivity contribution in [2.24, 2.45) is 11.5 Å². The highest BCUT2D eigenvalue weighted by molar-refractivity contribution is 6.30. The minimum absolute atomic E-state index is 0. The lowest BCUT2D eigenvalue weighted by Gasteiger charge is -2.21. The number of benzene rings is 1. The molecule has 0 bridgehead atoms. The van der Waals surface area contributed by atoms with Gasteiger partial charge in [0.05, 0.1) is 0 Å². The average Bonchev–Trinajstić information content (AvgIpc) is 2.15. The molecule has 2 unspecified atom stereocenters. The van der Waals surface area contributed by atoms with E-state index in [9.17, 15) is 0 Å². The number of hydrogen-bond donors (Lipinski definition) is 2. The highest BCUT2D eigenvalue weighted by Crippen LogP contribution is 2.27. The molecule has 2 nitrogen and oxygen atoms in total. The van der Waals surface area contributed by atoms with Crippen molar-refractivity contribution < 1.29 is 0 Å². The van der Waals surface area contributed by atoms with Crippen LogP contribution >= 0.6 is 36.4 Å². The molecule has 1 aromatic rings. The van der Waals surface area contributed by atoms with Crippen molar-refractivity contribution in [3.63, 3.8) is 0 Å². The number of halogens is 3. The quantitative estimate of drug-likeness (QED) is 0.870. The van der Waals surface area contributed by atoms with E-state index in [1.165, 1.54) is 5.56 Å². The van der Waals surface area contributed by atoms with Gasteiger partial charge in [-0.15, -0.1) is 24.8 Å². The lowest BCUT2D eigenvalue weighted by Crippen LogP contribution is -2.24. The molecule has 0 spiro atoms. The highest BCUT2D eigenvalue weighted by Gasteiger charge is 2.15. The van der Waals surface area contributed by atoms with Gasteiger partial charge in [-0.05, 0) is 50.3 Å². The van der Waals surface area contributed by atoms with Crippen LogP contribution in [0.15, 0.2) is 24.3 Å². The summed E-state index contributed by atoms with van der Waals surface area (Å²) in [7, 11) is 0. The van der Waals surface area contributed by atoms with Gasteiger partial charge in [0.25, 0.3) is 0 Å². The maximum Gasteiger partial charge on any atom is 0.0408 e. The predicted molar refractivity (Wildman–Crippen MR) is 85.2 cm³/mol. The molecule has 0 fully saturated rings. The lowest BCUT2D eigenvalue weighted by molar-refractivity contribution is 0.486. The molecule has 1 rings (SSSR count). The molecule has 0 aliphatic heterocycles. The Balaban J connectivity index is 0. The predicted octanol–water partition coefficient (Wildman–Crippen LogP) is 3.74. The topological polar surface area (TPSA) is 52.0 Å². The van der Waals surface area contributed by atoms with E-state index < -0.39 is 0 Å². The van der Waals surface area contributed by atoms with Crippen LogP contribution < -0.4 is 11.5 Å². The van der Waals surface area contributed by atoms with Crippen LogP contribution in [0.25, 0.3) is 0 Å². The van der Waals surface area contributed by atoms with Crippen molar-refractivity contribution in [3.8, 4) is 0 Å². The number of hydrogen-bond acceptors (Lipinski definition) is 2. The van der Waals surface area contributed by atoms with Crippen LogP contribution in [0.2, 0.25) is 5.02 Å². The standard InChI is InChI=1S/C13H21ClN2.2ClH/c1-9(15)6-12(7-10(2)16)11-4-3-5-13(14)8-11;;/h3-5,8-10,12H,6-7,15-16H2,1-2H3;2*1H. The molecule has 0 aliphatic rings. The third-order valence-electron chi connectivity index (χ3n) is 2.63. The van der Waals surface area contributed by atoms with E-state index >= 15 is 0 Å². The van der Waals surface area contributed by atoms with E-state index in [1.807, 2.05) is 32.0 Å². The fourth-order valence-electron chi connectivity index (χ4n) is 2.03. The Morgan fingerprint density at radius 1 is 1.06 bits per heavy atom. The number of rotatable bonds is 5. The maximum absolute atomic E-state index is 6.00. The second-order valence-electron chi connectivity index (χ2n) is 4.68. The van der Waals surface area contributed by atoms with E-state index in [0.717, 1.165) is 17.9 Å². The first kappa shape index (κ1) is 20.3. The summed E-state index contributed by atoms with van der Waals surface area (Å²) < 4.78 is 0. The first-order valence-electron chi connectivity index (χ1n) is 5.75. The Morgan fingerprint density at radius 3 is 1.94 bits per heavy atom. The first-order chi connectivity index (χ1) is 7.49. The van der Waals surface area contributed by atoms with Crippen LogP contribution in [-0.4, -0.2) is 12.1 Å².